The van der Waals surface area contributed by atoms with E-state index in [1.54, 1.807) is 0 Å². The summed E-state index contributed by atoms with van der Waals surface area (Å²) in [4.78, 5) is 4.86. The molecule has 0 aliphatic carbocycles. The number of para-hydroxylation sites is 2. The molecule has 10 rings (SSSR count). The molecule has 0 radical (unpaired) electrons. The summed E-state index contributed by atoms with van der Waals surface area (Å²) in [6.07, 6.45) is 1.90. The molecule has 0 spiro atoms. The van der Waals surface area contributed by atoms with Crippen molar-refractivity contribution in [1.82, 2.24) is 18.7 Å². The number of hydrogen-bond donors (Lipinski definition) is 0. The summed E-state index contributed by atoms with van der Waals surface area (Å²) in [5.74, 6) is 2.02. The molecule has 2 aromatic heterocycles. The normalized spacial score (nSPS) is 12.9. The zero-order valence-corrected chi connectivity index (χ0v) is 40.2. The number of nitrogens with zero attached hydrogens (tertiary/aromatic N) is 4. The number of ether oxygens (including phenoxy) is 1. The molecule has 318 valence electrons. The van der Waals surface area contributed by atoms with Crippen LogP contribution in [0.25, 0.3) is 49.5 Å². The van der Waals surface area contributed by atoms with Crippen LogP contribution in [0.1, 0.15) is 79.0 Å². The zero-order valence-electron chi connectivity index (χ0n) is 37.9. The van der Waals surface area contributed by atoms with Crippen LogP contribution in [0, 0.1) is 12.1 Å². The molecule has 7 aromatic carbocycles. The maximum absolute atomic E-state index is 6.69. The Morgan fingerprint density at radius 2 is 1.19 bits per heavy atom. The van der Waals surface area contributed by atoms with Crippen molar-refractivity contribution in [2.75, 3.05) is 0 Å². The van der Waals surface area contributed by atoms with Crippen LogP contribution < -0.4 is 13.9 Å². The van der Waals surface area contributed by atoms with Gasteiger partial charge in [0.05, 0.1) is 5.56 Å². The molecule has 0 saturated carbocycles. The van der Waals surface area contributed by atoms with Gasteiger partial charge < -0.3 is 9.30 Å². The Balaban J connectivity index is 0.00000518. The summed E-state index contributed by atoms with van der Waals surface area (Å²) in [6.45, 7) is 20.4. The van der Waals surface area contributed by atoms with Gasteiger partial charge in [0.1, 0.15) is 11.5 Å². The van der Waals surface area contributed by atoms with Crippen molar-refractivity contribution in [3.8, 4) is 28.4 Å². The number of aromatic nitrogens is 2. The minimum absolute atomic E-state index is 0. The van der Waals surface area contributed by atoms with E-state index in [-0.39, 0.29) is 37.3 Å². The number of pyridine rings is 1. The first-order chi connectivity index (χ1) is 30.1. The van der Waals surface area contributed by atoms with E-state index in [1.165, 1.54) is 33.0 Å². The summed E-state index contributed by atoms with van der Waals surface area (Å²) in [5.41, 5.74) is 11.9. The fourth-order valence-corrected chi connectivity index (χ4v) is 8.73. The van der Waals surface area contributed by atoms with Gasteiger partial charge in [0.2, 0.25) is 5.69 Å². The monoisotopic (exact) mass is 1020 g/mol. The van der Waals surface area contributed by atoms with Gasteiger partial charge in [0.25, 0.3) is 5.69 Å². The van der Waals surface area contributed by atoms with Crippen LogP contribution in [0.5, 0.6) is 11.5 Å². The van der Waals surface area contributed by atoms with Gasteiger partial charge in [-0.1, -0.05) is 157 Å². The average molecular weight is 1020 g/mol. The first kappa shape index (κ1) is 42.9. The Kier molecular flexibility index (Phi) is 10.7. The summed E-state index contributed by atoms with van der Waals surface area (Å²) in [7, 11) is 0. The van der Waals surface area contributed by atoms with Gasteiger partial charge in [0.15, 0.2) is 0 Å². The third-order valence-electron chi connectivity index (χ3n) is 12.3. The second-order valence-electron chi connectivity index (χ2n) is 19.8. The van der Waals surface area contributed by atoms with Crippen molar-refractivity contribution < 1.29 is 25.8 Å². The van der Waals surface area contributed by atoms with Crippen molar-refractivity contribution in [3.63, 3.8) is 0 Å². The first-order valence-corrected chi connectivity index (χ1v) is 21.9. The quantitative estimate of drug-likeness (QED) is 0.123. The summed E-state index contributed by atoms with van der Waals surface area (Å²) in [6, 6.07) is 62.8. The maximum Gasteiger partial charge on any atom is 2.00 e. The van der Waals surface area contributed by atoms with Gasteiger partial charge in [-0.25, -0.2) is 4.98 Å². The van der Waals surface area contributed by atoms with Gasteiger partial charge in [-0.3, -0.25) is 0 Å². The van der Waals surface area contributed by atoms with Crippen LogP contribution in [0.2, 0.25) is 0 Å². The van der Waals surface area contributed by atoms with E-state index in [2.05, 4.69) is 222 Å². The Morgan fingerprint density at radius 1 is 0.547 bits per heavy atom. The van der Waals surface area contributed by atoms with Crippen molar-refractivity contribution in [3.05, 3.63) is 181 Å². The van der Waals surface area contributed by atoms with Crippen LogP contribution in [-0.2, 0) is 37.3 Å². The SMILES string of the molecule is CC(C)(C)c1cc([N+]2=C=[N+](c3[c-]c(Oc4[c-]c5c(cc4)c4ccccc4n5-c4cc(C(C)(C)C)ccn4)ccc3)c3cccc(-c4cccc5ccccc45)c32)cc(C(C)(C)C)c1.[Pt+2]. The predicted molar refractivity (Wildman–Crippen MR) is 263 cm³/mol. The molecule has 9 aromatic rings. The number of fused-ring (bicyclic) bond motifs is 5. The van der Waals surface area contributed by atoms with Crippen LogP contribution >= 0.6 is 0 Å². The van der Waals surface area contributed by atoms with E-state index in [9.17, 15) is 0 Å². The van der Waals surface area contributed by atoms with Crippen LogP contribution in [0.3, 0.4) is 0 Å². The molecule has 0 saturated heterocycles. The second-order valence-corrected chi connectivity index (χ2v) is 19.8. The van der Waals surface area contributed by atoms with E-state index in [0.717, 1.165) is 55.9 Å². The average Bonchev–Trinajstić information content (AvgIpc) is 3.82. The van der Waals surface area contributed by atoms with Gasteiger partial charge in [0, 0.05) is 41.4 Å². The van der Waals surface area contributed by atoms with Gasteiger partial charge >= 0.3 is 32.8 Å². The summed E-state index contributed by atoms with van der Waals surface area (Å²) >= 11 is 0. The molecule has 64 heavy (non-hydrogen) atoms. The van der Waals surface area contributed by atoms with E-state index in [4.69, 9.17) is 9.72 Å². The molecular formula is C58H52N4OPt+2. The van der Waals surface area contributed by atoms with Crippen molar-refractivity contribution in [2.24, 2.45) is 0 Å². The van der Waals surface area contributed by atoms with E-state index < -0.39 is 0 Å². The third kappa shape index (κ3) is 7.72. The van der Waals surface area contributed by atoms with Gasteiger partial charge in [-0.2, -0.15) is 12.1 Å². The Labute approximate surface area is 391 Å². The molecule has 0 amide bonds. The standard InChI is InChI=1S/C58H52N4O.Pt/c1-56(2,3)39-29-30-59-54(34-39)62-51-25-13-12-22-48(51)49-28-27-45(36-53(49)62)63-44-20-15-19-42(35-44)60-37-61(43-32-40(57(4,5)6)31-41(33-43)58(7,8)9)55-50(24-16-26-52(55)60)47-23-14-18-38-17-10-11-21-46(38)47;/h10-34H,1-9H3;/q;+2. The van der Waals surface area contributed by atoms with Crippen LogP contribution in [0.15, 0.2) is 152 Å². The fraction of sp³-hybridized carbons (Fsp3) is 0.207. The topological polar surface area (TPSA) is 33.1 Å². The van der Waals surface area contributed by atoms with Crippen molar-refractivity contribution in [2.45, 2.75) is 78.6 Å². The minimum Gasteiger partial charge on any atom is -0.509 e. The summed E-state index contributed by atoms with van der Waals surface area (Å²) < 4.78 is 13.3. The number of benzene rings is 7. The minimum atomic E-state index is -0.0613. The molecule has 1 aliphatic rings. The van der Waals surface area contributed by atoms with E-state index in [1.807, 2.05) is 24.4 Å². The summed E-state index contributed by atoms with van der Waals surface area (Å²) in [5, 5.41) is 4.64. The predicted octanol–water partition coefficient (Wildman–Crippen LogP) is 15.1. The van der Waals surface area contributed by atoms with Crippen LogP contribution in [-0.4, -0.2) is 15.6 Å². The van der Waals surface area contributed by atoms with Gasteiger partial charge in [-0.05, 0) is 83.5 Å². The number of rotatable bonds is 6. The first-order valence-electron chi connectivity index (χ1n) is 21.9. The zero-order chi connectivity index (χ0) is 43.8. The Bertz CT molecular complexity index is 3330. The van der Waals surface area contributed by atoms with Crippen molar-refractivity contribution >= 4 is 61.3 Å². The van der Waals surface area contributed by atoms with Crippen LogP contribution in [0.4, 0.5) is 22.7 Å². The Hall–Kier alpha value is -6.38. The molecule has 0 bridgehead atoms. The number of hydrogen-bond acceptors (Lipinski definition) is 2. The molecule has 1 aliphatic heterocycles. The van der Waals surface area contributed by atoms with Crippen molar-refractivity contribution in [1.29, 1.82) is 0 Å². The van der Waals surface area contributed by atoms with Gasteiger partial charge in [-0.15, -0.1) is 23.6 Å². The third-order valence-corrected chi connectivity index (χ3v) is 12.3. The molecule has 5 nitrogen and oxygen atoms in total. The molecule has 3 heterocycles. The van der Waals surface area contributed by atoms with E-state index >= 15 is 0 Å². The second kappa shape index (κ2) is 16.0. The molecule has 0 N–H and O–H groups in total. The molecule has 0 fully saturated rings. The Morgan fingerprint density at radius 3 is 1.94 bits per heavy atom. The molecular weight excluding hydrogens is 964 g/mol. The van der Waals surface area contributed by atoms with E-state index in [0.29, 0.717) is 11.5 Å². The molecule has 0 atom stereocenters. The largest absolute Gasteiger partial charge is 2.00 e. The molecule has 6 heteroatoms. The maximum atomic E-state index is 6.69. The fourth-order valence-electron chi connectivity index (χ4n) is 8.73. The smallest absolute Gasteiger partial charge is 0.509 e. The molecule has 0 unspecified atom stereocenters.